The number of aliphatic imine (C=N–C) groups is 1. The Balaban J connectivity index is 1.86. The van der Waals surface area contributed by atoms with Crippen LogP contribution in [0, 0.1) is 5.92 Å². The van der Waals surface area contributed by atoms with Crippen LogP contribution in [0.15, 0.2) is 28.9 Å². The molecule has 1 aromatic heterocycles. The number of ether oxygens (including phenoxy) is 1. The van der Waals surface area contributed by atoms with Crippen LogP contribution in [-0.2, 0) is 9.59 Å². The molecular formula is C21H26N4O3S. The molecule has 3 rings (SSSR count). The first kappa shape index (κ1) is 21.0. The van der Waals surface area contributed by atoms with E-state index in [0.717, 1.165) is 54.0 Å². The summed E-state index contributed by atoms with van der Waals surface area (Å²) in [5, 5.41) is 3.83. The van der Waals surface area contributed by atoms with Gasteiger partial charge in [0.2, 0.25) is 0 Å². The van der Waals surface area contributed by atoms with Gasteiger partial charge in [0.1, 0.15) is 17.7 Å². The molecule has 0 spiro atoms. The Hall–Kier alpha value is -2.74. The smallest absolute Gasteiger partial charge is 0.274 e. The number of piperidine rings is 1. The summed E-state index contributed by atoms with van der Waals surface area (Å²) in [7, 11) is 1.57. The van der Waals surface area contributed by atoms with Crippen molar-refractivity contribution in [2.75, 3.05) is 30.4 Å². The SMILES string of the molecule is C/C=N\C(=C/CC)C(=O)Nc1cc2sc(N3CCC(C=O)CC3)nc2cc1OC. The number of carbonyl (C=O) groups is 2. The maximum atomic E-state index is 12.6. The molecule has 2 aromatic rings. The monoisotopic (exact) mass is 414 g/mol. The number of fused-ring (bicyclic) bond motifs is 1. The van der Waals surface area contributed by atoms with Gasteiger partial charge >= 0.3 is 0 Å². The van der Waals surface area contributed by atoms with Crippen molar-refractivity contribution in [2.24, 2.45) is 10.9 Å². The number of aldehydes is 1. The fourth-order valence-corrected chi connectivity index (χ4v) is 4.33. The van der Waals surface area contributed by atoms with Gasteiger partial charge in [0.25, 0.3) is 5.91 Å². The molecule has 1 saturated heterocycles. The van der Waals surface area contributed by atoms with Gasteiger partial charge < -0.3 is 19.7 Å². The molecule has 1 aromatic carbocycles. The van der Waals surface area contributed by atoms with Gasteiger partial charge in [-0.25, -0.2) is 4.98 Å². The fraction of sp³-hybridized carbons (Fsp3) is 0.429. The maximum absolute atomic E-state index is 12.6. The predicted octanol–water partition coefficient (Wildman–Crippen LogP) is 4.04. The largest absolute Gasteiger partial charge is 0.494 e. The maximum Gasteiger partial charge on any atom is 0.274 e. The van der Waals surface area contributed by atoms with Gasteiger partial charge in [-0.05, 0) is 32.3 Å². The number of thiazole rings is 1. The van der Waals surface area contributed by atoms with E-state index in [4.69, 9.17) is 9.72 Å². The Morgan fingerprint density at radius 1 is 1.41 bits per heavy atom. The fourth-order valence-electron chi connectivity index (χ4n) is 3.29. The second-order valence-corrected chi connectivity index (χ2v) is 7.83. The van der Waals surface area contributed by atoms with Crippen LogP contribution in [0.1, 0.15) is 33.1 Å². The van der Waals surface area contributed by atoms with Gasteiger partial charge in [-0.3, -0.25) is 9.79 Å². The minimum Gasteiger partial charge on any atom is -0.494 e. The summed E-state index contributed by atoms with van der Waals surface area (Å²) in [5.41, 5.74) is 1.79. The molecule has 1 fully saturated rings. The lowest BCUT2D eigenvalue weighted by Crippen LogP contribution is -2.33. The summed E-state index contributed by atoms with van der Waals surface area (Å²) in [6.07, 6.45) is 6.87. The normalized spacial score (nSPS) is 15.8. The number of methoxy groups -OCH3 is 1. The highest BCUT2D eigenvalue weighted by Gasteiger charge is 2.22. The lowest BCUT2D eigenvalue weighted by Gasteiger charge is -2.29. The second-order valence-electron chi connectivity index (χ2n) is 6.82. The molecule has 29 heavy (non-hydrogen) atoms. The van der Waals surface area contributed by atoms with Crippen molar-refractivity contribution < 1.29 is 14.3 Å². The van der Waals surface area contributed by atoms with Crippen molar-refractivity contribution in [3.05, 3.63) is 23.9 Å². The lowest BCUT2D eigenvalue weighted by molar-refractivity contribution is -0.113. The van der Waals surface area contributed by atoms with Crippen LogP contribution in [0.4, 0.5) is 10.8 Å². The first-order chi connectivity index (χ1) is 14.1. The number of allylic oxidation sites excluding steroid dienone is 1. The Morgan fingerprint density at radius 3 is 2.79 bits per heavy atom. The van der Waals surface area contributed by atoms with Gasteiger partial charge in [-0.2, -0.15) is 0 Å². The topological polar surface area (TPSA) is 83.9 Å². The molecule has 0 bridgehead atoms. The third-order valence-electron chi connectivity index (χ3n) is 4.85. The molecule has 154 valence electrons. The van der Waals surface area contributed by atoms with Crippen molar-refractivity contribution in [3.8, 4) is 5.75 Å². The van der Waals surface area contributed by atoms with Crippen LogP contribution in [0.5, 0.6) is 5.75 Å². The third-order valence-corrected chi connectivity index (χ3v) is 5.93. The minimum atomic E-state index is -0.275. The predicted molar refractivity (Wildman–Crippen MR) is 118 cm³/mol. The zero-order chi connectivity index (χ0) is 20.8. The van der Waals surface area contributed by atoms with Crippen LogP contribution in [-0.4, -0.2) is 43.6 Å². The van der Waals surface area contributed by atoms with Gasteiger partial charge in [0, 0.05) is 31.3 Å². The number of hydrogen-bond donors (Lipinski definition) is 1. The Morgan fingerprint density at radius 2 is 2.17 bits per heavy atom. The molecule has 0 unspecified atom stereocenters. The highest BCUT2D eigenvalue weighted by Crippen LogP contribution is 2.37. The van der Waals surface area contributed by atoms with Gasteiger partial charge in [-0.1, -0.05) is 24.3 Å². The van der Waals surface area contributed by atoms with Crippen molar-refractivity contribution >= 4 is 50.8 Å². The van der Waals surface area contributed by atoms with Crippen molar-refractivity contribution in [2.45, 2.75) is 33.1 Å². The van der Waals surface area contributed by atoms with Gasteiger partial charge in [0.15, 0.2) is 5.13 Å². The molecule has 1 N–H and O–H groups in total. The highest BCUT2D eigenvalue weighted by molar-refractivity contribution is 7.22. The van der Waals surface area contributed by atoms with E-state index < -0.39 is 0 Å². The number of hydrogen-bond acceptors (Lipinski definition) is 7. The number of benzene rings is 1. The van der Waals surface area contributed by atoms with Crippen molar-refractivity contribution in [3.63, 3.8) is 0 Å². The van der Waals surface area contributed by atoms with E-state index in [0.29, 0.717) is 17.1 Å². The van der Waals surface area contributed by atoms with E-state index in [-0.39, 0.29) is 11.8 Å². The zero-order valence-electron chi connectivity index (χ0n) is 17.0. The summed E-state index contributed by atoms with van der Waals surface area (Å²) < 4.78 is 6.44. The van der Waals surface area contributed by atoms with Crippen molar-refractivity contribution in [1.29, 1.82) is 0 Å². The van der Waals surface area contributed by atoms with Crippen LogP contribution < -0.4 is 15.0 Å². The Bertz CT molecular complexity index is 943. The molecule has 0 atom stereocenters. The lowest BCUT2D eigenvalue weighted by atomic mass is 9.99. The average molecular weight is 415 g/mol. The first-order valence-electron chi connectivity index (χ1n) is 9.78. The number of nitrogens with zero attached hydrogens (tertiary/aromatic N) is 3. The van der Waals surface area contributed by atoms with E-state index in [2.05, 4.69) is 15.2 Å². The number of carbonyl (C=O) groups excluding carboxylic acids is 2. The number of anilines is 2. The molecule has 8 heteroatoms. The standard InChI is InChI=1S/C21H26N4O3S/c1-4-6-15(22-5-2)20(27)23-16-12-19-17(11-18(16)28-3)24-21(29-19)25-9-7-14(13-26)8-10-25/h5-6,11-14H,4,7-10H2,1-3H3,(H,23,27)/b15-6-,22-5-. The van der Waals surface area contributed by atoms with Crippen LogP contribution in [0.25, 0.3) is 10.2 Å². The Labute approximate surface area is 174 Å². The van der Waals surface area contributed by atoms with E-state index >= 15 is 0 Å². The van der Waals surface area contributed by atoms with E-state index in [9.17, 15) is 9.59 Å². The molecule has 1 amide bonds. The number of rotatable bonds is 7. The summed E-state index contributed by atoms with van der Waals surface area (Å²) in [4.78, 5) is 34.7. The van der Waals surface area contributed by atoms with Crippen LogP contribution in [0.3, 0.4) is 0 Å². The van der Waals surface area contributed by atoms with E-state index in [1.807, 2.05) is 19.1 Å². The molecule has 2 heterocycles. The molecule has 0 aliphatic carbocycles. The number of amides is 1. The highest BCUT2D eigenvalue weighted by atomic mass is 32.1. The third kappa shape index (κ3) is 4.82. The molecule has 0 radical (unpaired) electrons. The summed E-state index contributed by atoms with van der Waals surface area (Å²) >= 11 is 1.58. The van der Waals surface area contributed by atoms with E-state index in [1.54, 1.807) is 37.7 Å². The quantitative estimate of drug-likeness (QED) is 0.420. The van der Waals surface area contributed by atoms with Gasteiger partial charge in [-0.15, -0.1) is 0 Å². The van der Waals surface area contributed by atoms with Gasteiger partial charge in [0.05, 0.1) is 23.0 Å². The average Bonchev–Trinajstić information content (AvgIpc) is 3.15. The summed E-state index contributed by atoms with van der Waals surface area (Å²) in [6, 6.07) is 3.74. The summed E-state index contributed by atoms with van der Waals surface area (Å²) in [5.74, 6) is 0.431. The van der Waals surface area contributed by atoms with Crippen LogP contribution in [0.2, 0.25) is 0 Å². The molecule has 1 aliphatic rings. The molecule has 0 saturated carbocycles. The molecular weight excluding hydrogens is 388 g/mol. The number of aromatic nitrogens is 1. The molecule has 1 aliphatic heterocycles. The second kappa shape index (κ2) is 9.65. The minimum absolute atomic E-state index is 0.152. The zero-order valence-corrected chi connectivity index (χ0v) is 17.8. The Kier molecular flexibility index (Phi) is 6.98. The van der Waals surface area contributed by atoms with E-state index in [1.165, 1.54) is 0 Å². The number of nitrogens with one attached hydrogen (secondary N) is 1. The van der Waals surface area contributed by atoms with Crippen LogP contribution >= 0.6 is 11.3 Å². The first-order valence-corrected chi connectivity index (χ1v) is 10.6. The summed E-state index contributed by atoms with van der Waals surface area (Å²) in [6.45, 7) is 5.39. The van der Waals surface area contributed by atoms with Crippen molar-refractivity contribution in [1.82, 2.24) is 4.98 Å². The molecule has 7 nitrogen and oxygen atoms in total.